The van der Waals surface area contributed by atoms with Gasteiger partial charge in [-0.3, -0.25) is 4.79 Å². The lowest BCUT2D eigenvalue weighted by molar-refractivity contribution is -0.116. The van der Waals surface area contributed by atoms with Crippen LogP contribution in [0.15, 0.2) is 28.8 Å². The smallest absolute Gasteiger partial charge is 0.331 e. The van der Waals surface area contributed by atoms with Crippen molar-refractivity contribution in [1.29, 1.82) is 0 Å². The van der Waals surface area contributed by atoms with E-state index in [-0.39, 0.29) is 12.5 Å². The zero-order chi connectivity index (χ0) is 19.6. The zero-order valence-corrected chi connectivity index (χ0v) is 15.2. The Hall–Kier alpha value is -3.43. The third-order valence-electron chi connectivity index (χ3n) is 4.06. The lowest BCUT2D eigenvalue weighted by Gasteiger charge is -2.16. The van der Waals surface area contributed by atoms with Crippen LogP contribution >= 0.6 is 0 Å². The first-order chi connectivity index (χ1) is 12.9. The maximum atomic E-state index is 12.3. The second kappa shape index (κ2) is 7.44. The molecule has 10 heteroatoms. The van der Waals surface area contributed by atoms with Gasteiger partial charge in [0, 0.05) is 12.7 Å². The summed E-state index contributed by atoms with van der Waals surface area (Å²) in [4.78, 5) is 43.0. The minimum Gasteiger partial charge on any atom is -0.337 e. The van der Waals surface area contributed by atoms with Gasteiger partial charge >= 0.3 is 12.1 Å². The SMILES string of the molecule is CC[C@H](NC(=O)Nc1cccc(N2C(=O)CN(C)C2=O)c1)c1nc(C)no1. The Morgan fingerprint density at radius 1 is 1.37 bits per heavy atom. The van der Waals surface area contributed by atoms with Crippen molar-refractivity contribution < 1.29 is 18.9 Å². The fraction of sp³-hybridized carbons (Fsp3) is 0.353. The summed E-state index contributed by atoms with van der Waals surface area (Å²) in [5, 5.41) is 9.16. The highest BCUT2D eigenvalue weighted by atomic mass is 16.5. The van der Waals surface area contributed by atoms with Crippen molar-refractivity contribution in [2.24, 2.45) is 0 Å². The van der Waals surface area contributed by atoms with Gasteiger partial charge in [-0.15, -0.1) is 0 Å². The molecule has 1 aliphatic rings. The van der Waals surface area contributed by atoms with Crippen LogP contribution in [0.5, 0.6) is 0 Å². The van der Waals surface area contributed by atoms with Crippen molar-refractivity contribution in [2.75, 3.05) is 23.8 Å². The van der Waals surface area contributed by atoms with E-state index in [1.54, 1.807) is 38.2 Å². The lowest BCUT2D eigenvalue weighted by Crippen LogP contribution is -2.33. The Morgan fingerprint density at radius 3 is 2.74 bits per heavy atom. The Morgan fingerprint density at radius 2 is 2.15 bits per heavy atom. The molecule has 0 bridgehead atoms. The van der Waals surface area contributed by atoms with Crippen molar-refractivity contribution in [3.8, 4) is 0 Å². The Bertz CT molecular complexity index is 880. The molecule has 0 radical (unpaired) electrons. The molecule has 2 heterocycles. The Balaban J connectivity index is 1.70. The van der Waals surface area contributed by atoms with Crippen LogP contribution in [0.25, 0.3) is 0 Å². The number of nitrogens with one attached hydrogen (secondary N) is 2. The van der Waals surface area contributed by atoms with E-state index in [9.17, 15) is 14.4 Å². The van der Waals surface area contributed by atoms with Gasteiger partial charge < -0.3 is 20.1 Å². The summed E-state index contributed by atoms with van der Waals surface area (Å²) in [5.74, 6) is 0.500. The van der Waals surface area contributed by atoms with E-state index < -0.39 is 18.1 Å². The predicted octanol–water partition coefficient (Wildman–Crippen LogP) is 2.05. The van der Waals surface area contributed by atoms with Crippen LogP contribution < -0.4 is 15.5 Å². The molecule has 10 nitrogen and oxygen atoms in total. The monoisotopic (exact) mass is 372 g/mol. The number of anilines is 2. The van der Waals surface area contributed by atoms with Crippen LogP contribution in [0.3, 0.4) is 0 Å². The highest BCUT2D eigenvalue weighted by Gasteiger charge is 2.34. The molecule has 0 spiro atoms. The number of imide groups is 1. The Kier molecular flexibility index (Phi) is 5.06. The summed E-state index contributed by atoms with van der Waals surface area (Å²) in [7, 11) is 1.56. The van der Waals surface area contributed by atoms with E-state index in [0.717, 1.165) is 4.90 Å². The van der Waals surface area contributed by atoms with Crippen LogP contribution in [0.2, 0.25) is 0 Å². The summed E-state index contributed by atoms with van der Waals surface area (Å²) < 4.78 is 5.10. The van der Waals surface area contributed by atoms with Crippen LogP contribution in [-0.2, 0) is 4.79 Å². The number of urea groups is 2. The molecule has 2 aromatic rings. The summed E-state index contributed by atoms with van der Waals surface area (Å²) in [6.07, 6.45) is 0.568. The van der Waals surface area contributed by atoms with Gasteiger partial charge in [0.15, 0.2) is 5.82 Å². The fourth-order valence-corrected chi connectivity index (χ4v) is 2.71. The van der Waals surface area contributed by atoms with Gasteiger partial charge in [-0.25, -0.2) is 14.5 Å². The number of aryl methyl sites for hydroxylation is 1. The highest BCUT2D eigenvalue weighted by Crippen LogP contribution is 2.24. The number of amides is 5. The first-order valence-electron chi connectivity index (χ1n) is 8.45. The minimum atomic E-state index is -0.467. The van der Waals surface area contributed by atoms with Crippen molar-refractivity contribution in [1.82, 2.24) is 20.4 Å². The largest absolute Gasteiger partial charge is 0.337 e. The molecule has 2 N–H and O–H groups in total. The predicted molar refractivity (Wildman–Crippen MR) is 96.2 cm³/mol. The second-order valence-corrected chi connectivity index (χ2v) is 6.16. The van der Waals surface area contributed by atoms with E-state index >= 15 is 0 Å². The fourth-order valence-electron chi connectivity index (χ4n) is 2.71. The maximum absolute atomic E-state index is 12.3. The summed E-state index contributed by atoms with van der Waals surface area (Å²) in [5.41, 5.74) is 0.837. The molecule has 1 atom stereocenters. The van der Waals surface area contributed by atoms with Gasteiger partial charge in [0.25, 0.3) is 5.91 Å². The van der Waals surface area contributed by atoms with E-state index in [0.29, 0.717) is 29.5 Å². The summed E-state index contributed by atoms with van der Waals surface area (Å²) in [6.45, 7) is 3.61. The van der Waals surface area contributed by atoms with E-state index in [1.807, 2.05) is 6.92 Å². The van der Waals surface area contributed by atoms with Gasteiger partial charge in [0.2, 0.25) is 5.89 Å². The van der Waals surface area contributed by atoms with Crippen molar-refractivity contribution in [3.05, 3.63) is 36.0 Å². The number of carbonyl (C=O) groups is 3. The van der Waals surface area contributed by atoms with Crippen LogP contribution in [-0.4, -0.2) is 46.6 Å². The molecule has 0 aliphatic carbocycles. The molecule has 1 aliphatic heterocycles. The van der Waals surface area contributed by atoms with Crippen molar-refractivity contribution >= 4 is 29.3 Å². The third kappa shape index (κ3) is 3.89. The van der Waals surface area contributed by atoms with Gasteiger partial charge in [0.1, 0.15) is 12.6 Å². The molecule has 0 unspecified atom stereocenters. The molecule has 0 saturated carbocycles. The molecule has 1 aromatic carbocycles. The van der Waals surface area contributed by atoms with Crippen LogP contribution in [0.4, 0.5) is 21.0 Å². The first-order valence-corrected chi connectivity index (χ1v) is 8.45. The van der Waals surface area contributed by atoms with Crippen molar-refractivity contribution in [2.45, 2.75) is 26.3 Å². The molecular formula is C17H20N6O4. The van der Waals surface area contributed by atoms with Gasteiger partial charge in [-0.1, -0.05) is 18.1 Å². The van der Waals surface area contributed by atoms with Gasteiger partial charge in [-0.2, -0.15) is 4.98 Å². The number of benzene rings is 1. The number of hydrogen-bond acceptors (Lipinski definition) is 6. The lowest BCUT2D eigenvalue weighted by atomic mass is 10.2. The summed E-state index contributed by atoms with van der Waals surface area (Å²) >= 11 is 0. The maximum Gasteiger partial charge on any atom is 0.331 e. The number of rotatable bonds is 5. The molecule has 1 fully saturated rings. The average Bonchev–Trinajstić information content (AvgIpc) is 3.16. The number of nitrogens with zero attached hydrogens (tertiary/aromatic N) is 4. The second-order valence-electron chi connectivity index (χ2n) is 6.16. The number of carbonyl (C=O) groups excluding carboxylic acids is 3. The molecule has 1 aromatic heterocycles. The molecule has 3 rings (SSSR count). The zero-order valence-electron chi connectivity index (χ0n) is 15.2. The van der Waals surface area contributed by atoms with E-state index in [1.165, 1.54) is 4.90 Å². The van der Waals surface area contributed by atoms with Crippen LogP contribution in [0.1, 0.15) is 31.1 Å². The third-order valence-corrected chi connectivity index (χ3v) is 4.06. The van der Waals surface area contributed by atoms with Gasteiger partial charge in [0.05, 0.1) is 5.69 Å². The quantitative estimate of drug-likeness (QED) is 0.775. The van der Waals surface area contributed by atoms with Gasteiger partial charge in [-0.05, 0) is 31.5 Å². The standard InChI is InChI=1S/C17H20N6O4/c1-4-13(15-18-10(2)21-27-15)20-16(25)19-11-6-5-7-12(8-11)23-14(24)9-22(3)17(23)26/h5-8,13H,4,9H2,1-3H3,(H2,19,20,25)/t13-/m0/s1. The van der Waals surface area contributed by atoms with Crippen molar-refractivity contribution in [3.63, 3.8) is 0 Å². The normalized spacial score (nSPS) is 15.2. The molecule has 142 valence electrons. The Labute approximate surface area is 155 Å². The molecule has 5 amide bonds. The van der Waals surface area contributed by atoms with E-state index in [4.69, 9.17) is 4.52 Å². The molecule has 1 saturated heterocycles. The molecule has 27 heavy (non-hydrogen) atoms. The average molecular weight is 372 g/mol. The minimum absolute atomic E-state index is 0.0265. The topological polar surface area (TPSA) is 121 Å². The molecular weight excluding hydrogens is 352 g/mol. The first kappa shape index (κ1) is 18.4. The summed E-state index contributed by atoms with van der Waals surface area (Å²) in [6, 6.07) is 5.22. The number of aromatic nitrogens is 2. The number of likely N-dealkylation sites (N-methyl/N-ethyl adjacent to an activating group) is 1. The van der Waals surface area contributed by atoms with E-state index in [2.05, 4.69) is 20.8 Å². The van der Waals surface area contributed by atoms with Crippen LogP contribution in [0, 0.1) is 6.92 Å². The highest BCUT2D eigenvalue weighted by molar-refractivity contribution is 6.19. The number of hydrogen-bond donors (Lipinski definition) is 2.